The number of carbonyl (C=O) groups excluding carboxylic acids is 1. The molecule has 0 aliphatic carbocycles. The quantitative estimate of drug-likeness (QED) is 0.286. The van der Waals surface area contributed by atoms with Crippen LogP contribution in [-0.4, -0.2) is 51.6 Å². The molecule has 1 aliphatic heterocycles. The number of pyridine rings is 2. The van der Waals surface area contributed by atoms with Gasteiger partial charge in [-0.25, -0.2) is 4.98 Å². The lowest BCUT2D eigenvalue weighted by Gasteiger charge is -2.31. The molecule has 0 radical (unpaired) electrons. The van der Waals surface area contributed by atoms with Gasteiger partial charge in [-0.1, -0.05) is 30.2 Å². The van der Waals surface area contributed by atoms with E-state index in [2.05, 4.69) is 32.4 Å². The lowest BCUT2D eigenvalue weighted by atomic mass is 10.1. The maximum atomic E-state index is 13.6. The monoisotopic (exact) mass is 482 g/mol. The van der Waals surface area contributed by atoms with E-state index in [1.54, 1.807) is 20.2 Å². The van der Waals surface area contributed by atoms with Gasteiger partial charge in [0.15, 0.2) is 11.5 Å². The first kappa shape index (κ1) is 23.6. The van der Waals surface area contributed by atoms with Crippen molar-refractivity contribution in [2.75, 3.05) is 30.4 Å². The van der Waals surface area contributed by atoms with Gasteiger partial charge in [-0.2, -0.15) is 4.98 Å². The average Bonchev–Trinajstić information content (AvgIpc) is 3.29. The minimum Gasteiger partial charge on any atom is -0.371 e. The molecule has 4 aromatic rings. The van der Waals surface area contributed by atoms with E-state index in [0.29, 0.717) is 30.5 Å². The van der Waals surface area contributed by atoms with Crippen molar-refractivity contribution >= 4 is 39.5 Å². The third-order valence-corrected chi connectivity index (χ3v) is 6.51. The van der Waals surface area contributed by atoms with Crippen LogP contribution in [0, 0.1) is 11.8 Å². The molecule has 1 aliphatic rings. The Balaban J connectivity index is 1.49. The van der Waals surface area contributed by atoms with Gasteiger partial charge in [0.25, 0.3) is 5.91 Å². The van der Waals surface area contributed by atoms with Crippen molar-refractivity contribution in [3.63, 3.8) is 0 Å². The molecule has 0 spiro atoms. The maximum absolute atomic E-state index is 13.6. The first-order valence-corrected chi connectivity index (χ1v) is 12.2. The highest BCUT2D eigenvalue weighted by atomic mass is 16.2. The molecule has 4 N–H and O–H groups in total. The van der Waals surface area contributed by atoms with Gasteiger partial charge in [0, 0.05) is 43.1 Å². The van der Waals surface area contributed by atoms with Gasteiger partial charge in [0.2, 0.25) is 5.95 Å². The second-order valence-corrected chi connectivity index (χ2v) is 8.88. The number of nitrogens with zero attached hydrogens (tertiary/aromatic N) is 5. The summed E-state index contributed by atoms with van der Waals surface area (Å²) in [6.45, 7) is 3.95. The van der Waals surface area contributed by atoms with Crippen molar-refractivity contribution in [2.45, 2.75) is 38.9 Å². The summed E-state index contributed by atoms with van der Waals surface area (Å²) in [6, 6.07) is 11.9. The molecule has 1 atom stereocenters. The Kier molecular flexibility index (Phi) is 6.69. The van der Waals surface area contributed by atoms with E-state index in [1.165, 1.54) is 0 Å². The van der Waals surface area contributed by atoms with Crippen LogP contribution in [0.25, 0.3) is 21.8 Å². The highest BCUT2D eigenvalue weighted by Gasteiger charge is 2.28. The Hall–Kier alpha value is -4.16. The van der Waals surface area contributed by atoms with Gasteiger partial charge in [-0.05, 0) is 31.9 Å². The zero-order chi connectivity index (χ0) is 25.1. The van der Waals surface area contributed by atoms with Gasteiger partial charge < -0.3 is 21.3 Å². The highest BCUT2D eigenvalue weighted by Crippen LogP contribution is 2.27. The van der Waals surface area contributed by atoms with E-state index in [4.69, 9.17) is 15.7 Å². The normalized spacial score (nSPS) is 15.5. The first-order chi connectivity index (χ1) is 17.6. The molecule has 5 rings (SSSR count). The number of piperidine rings is 1. The fourth-order valence-corrected chi connectivity index (χ4v) is 4.81. The van der Waals surface area contributed by atoms with Crippen molar-refractivity contribution in [3.05, 3.63) is 54.0 Å². The van der Waals surface area contributed by atoms with Crippen molar-refractivity contribution in [3.8, 4) is 11.8 Å². The summed E-state index contributed by atoms with van der Waals surface area (Å²) < 4.78 is 1.88. The Morgan fingerprint density at radius 3 is 2.81 bits per heavy atom. The molecule has 9 nitrogen and oxygen atoms in total. The fourth-order valence-electron chi connectivity index (χ4n) is 4.81. The minimum absolute atomic E-state index is 0.0817. The smallest absolute Gasteiger partial charge is 0.272 e. The minimum atomic E-state index is -0.241. The number of fused-ring (bicyclic) bond motifs is 3. The number of rotatable bonds is 6. The van der Waals surface area contributed by atoms with E-state index in [1.807, 2.05) is 41.0 Å². The summed E-state index contributed by atoms with van der Waals surface area (Å²) in [6.07, 6.45) is 3.74. The first-order valence-electron chi connectivity index (χ1n) is 12.2. The number of anilines is 2. The van der Waals surface area contributed by atoms with Gasteiger partial charge >= 0.3 is 0 Å². The van der Waals surface area contributed by atoms with Crippen LogP contribution < -0.4 is 21.3 Å². The summed E-state index contributed by atoms with van der Waals surface area (Å²) >= 11 is 0. The number of hydrogen-bond donors (Lipinski definition) is 3. The Bertz CT molecular complexity index is 1480. The van der Waals surface area contributed by atoms with Crippen molar-refractivity contribution in [1.82, 2.24) is 24.8 Å². The third kappa shape index (κ3) is 4.43. The predicted octanol–water partition coefficient (Wildman–Crippen LogP) is 2.90. The van der Waals surface area contributed by atoms with Crippen molar-refractivity contribution in [2.24, 2.45) is 5.73 Å². The van der Waals surface area contributed by atoms with Crippen LogP contribution in [0.1, 0.15) is 35.9 Å². The molecule has 1 fully saturated rings. The van der Waals surface area contributed by atoms with Crippen molar-refractivity contribution in [1.29, 1.82) is 0 Å². The number of amides is 1. The van der Waals surface area contributed by atoms with Crippen molar-refractivity contribution < 1.29 is 4.79 Å². The number of nitrogens with one attached hydrogen (secondary N) is 2. The Morgan fingerprint density at radius 1 is 1.19 bits per heavy atom. The molecule has 0 saturated carbocycles. The van der Waals surface area contributed by atoms with Crippen LogP contribution in [0.3, 0.4) is 0 Å². The summed E-state index contributed by atoms with van der Waals surface area (Å²) in [5, 5.41) is 8.14. The molecular formula is C27H30N8O. The van der Waals surface area contributed by atoms with Crippen LogP contribution in [0.4, 0.5) is 11.8 Å². The van der Waals surface area contributed by atoms with E-state index < -0.39 is 0 Å². The molecule has 184 valence electrons. The molecule has 4 heterocycles. The van der Waals surface area contributed by atoms with E-state index >= 15 is 0 Å². The number of carbonyl (C=O) groups is 1. The second kappa shape index (κ2) is 10.2. The molecule has 1 saturated heterocycles. The van der Waals surface area contributed by atoms with E-state index in [-0.39, 0.29) is 18.5 Å². The summed E-state index contributed by atoms with van der Waals surface area (Å²) in [7, 11) is 1.77. The van der Waals surface area contributed by atoms with Gasteiger partial charge in [-0.15, -0.1) is 5.92 Å². The maximum Gasteiger partial charge on any atom is 0.272 e. The van der Waals surface area contributed by atoms with E-state index in [9.17, 15) is 4.79 Å². The zero-order valence-corrected chi connectivity index (χ0v) is 20.6. The molecular weight excluding hydrogens is 452 g/mol. The molecule has 1 amide bonds. The fraction of sp³-hybridized carbons (Fsp3) is 0.333. The lowest BCUT2D eigenvalue weighted by Crippen LogP contribution is -2.44. The SMILES string of the molecule is CC#CCn1c(N2CCCC(N)C2)nc(NC)c1C(=O)NCc1nc2cccnc2c2ccccc12. The van der Waals surface area contributed by atoms with Gasteiger partial charge in [0.05, 0.1) is 29.8 Å². The molecule has 0 bridgehead atoms. The third-order valence-electron chi connectivity index (χ3n) is 6.51. The number of aromatic nitrogens is 4. The molecule has 36 heavy (non-hydrogen) atoms. The van der Waals surface area contributed by atoms with Crippen LogP contribution in [0.15, 0.2) is 42.6 Å². The van der Waals surface area contributed by atoms with E-state index in [0.717, 1.165) is 46.9 Å². The Morgan fingerprint density at radius 2 is 2.03 bits per heavy atom. The molecule has 1 unspecified atom stereocenters. The summed E-state index contributed by atoms with van der Waals surface area (Å²) in [5.41, 5.74) is 9.11. The molecule has 3 aromatic heterocycles. The molecule has 9 heteroatoms. The topological polar surface area (TPSA) is 114 Å². The number of hydrogen-bond acceptors (Lipinski definition) is 7. The lowest BCUT2D eigenvalue weighted by molar-refractivity contribution is 0.0943. The largest absolute Gasteiger partial charge is 0.371 e. The van der Waals surface area contributed by atoms with Crippen LogP contribution >= 0.6 is 0 Å². The van der Waals surface area contributed by atoms with Crippen LogP contribution in [0.5, 0.6) is 0 Å². The average molecular weight is 483 g/mol. The standard InChI is InChI=1S/C27H30N8O/c1-3-4-15-35-24(25(29-2)33-27(35)34-14-8-9-18(28)17-34)26(36)31-16-22-19-10-5-6-11-20(19)23-21(32-22)12-7-13-30-23/h5-7,10-13,18,29H,8-9,14-17,28H2,1-2H3,(H,31,36). The van der Waals surface area contributed by atoms with Gasteiger partial charge in [-0.3, -0.25) is 14.3 Å². The summed E-state index contributed by atoms with van der Waals surface area (Å²) in [5.74, 6) is 7.01. The number of nitrogens with two attached hydrogens (primary N) is 1. The van der Waals surface area contributed by atoms with Crippen LogP contribution in [0.2, 0.25) is 0 Å². The number of imidazole rings is 1. The Labute approximate surface area is 210 Å². The van der Waals surface area contributed by atoms with Crippen LogP contribution in [-0.2, 0) is 13.1 Å². The predicted molar refractivity (Wildman–Crippen MR) is 143 cm³/mol. The zero-order valence-electron chi connectivity index (χ0n) is 20.6. The summed E-state index contributed by atoms with van der Waals surface area (Å²) in [4.78, 5) is 29.8. The van der Waals surface area contributed by atoms with Gasteiger partial charge in [0.1, 0.15) is 0 Å². The molecule has 1 aromatic carbocycles. The number of benzene rings is 1. The highest BCUT2D eigenvalue weighted by molar-refractivity contribution is 6.04. The second-order valence-electron chi connectivity index (χ2n) is 8.88.